The van der Waals surface area contributed by atoms with Crippen LogP contribution in [0.1, 0.15) is 71.6 Å². The number of nitrogens with zero attached hydrogens (tertiary/aromatic N) is 2. The summed E-state index contributed by atoms with van der Waals surface area (Å²) in [6.45, 7) is 10.5. The van der Waals surface area contributed by atoms with Gasteiger partial charge in [-0.05, 0) is 56.9 Å². The van der Waals surface area contributed by atoms with E-state index in [4.69, 9.17) is 27.8 Å². The lowest BCUT2D eigenvalue weighted by Gasteiger charge is -2.49. The van der Waals surface area contributed by atoms with E-state index in [0.29, 0.717) is 18.2 Å². The third-order valence-electron chi connectivity index (χ3n) is 9.89. The summed E-state index contributed by atoms with van der Waals surface area (Å²) in [6.07, 6.45) is 11.0. The number of amides is 1. The van der Waals surface area contributed by atoms with Crippen molar-refractivity contribution in [2.75, 3.05) is 46.4 Å². The first-order valence-corrected chi connectivity index (χ1v) is 15.7. The van der Waals surface area contributed by atoms with Crippen molar-refractivity contribution in [3.05, 3.63) is 11.2 Å². The van der Waals surface area contributed by atoms with Gasteiger partial charge in [0.2, 0.25) is 5.91 Å². The molecule has 0 aromatic carbocycles. The van der Waals surface area contributed by atoms with Crippen LogP contribution in [-0.4, -0.2) is 98.5 Å². The molecule has 0 bridgehead atoms. The van der Waals surface area contributed by atoms with Crippen molar-refractivity contribution in [1.29, 1.82) is 0 Å². The smallest absolute Gasteiger partial charge is 0.228 e. The van der Waals surface area contributed by atoms with Crippen LogP contribution in [-0.2, 0) is 9.53 Å². The predicted molar refractivity (Wildman–Crippen MR) is 158 cm³/mol. The number of hydrogen-bond acceptors (Lipinski definition) is 8. The minimum absolute atomic E-state index is 0.0325. The Labute approximate surface area is 241 Å². The van der Waals surface area contributed by atoms with E-state index in [1.807, 2.05) is 13.3 Å². The van der Waals surface area contributed by atoms with Crippen LogP contribution in [0.5, 0.6) is 0 Å². The van der Waals surface area contributed by atoms with E-state index in [1.165, 1.54) is 12.8 Å². The monoisotopic (exact) mass is 567 g/mol. The summed E-state index contributed by atoms with van der Waals surface area (Å²) in [7, 11) is 1.81. The zero-order valence-electron chi connectivity index (χ0n) is 24.5. The molecule has 0 aromatic rings. The van der Waals surface area contributed by atoms with Crippen LogP contribution in [0.15, 0.2) is 11.2 Å². The van der Waals surface area contributed by atoms with Gasteiger partial charge in [0.1, 0.15) is 0 Å². The molecule has 3 saturated heterocycles. The van der Waals surface area contributed by atoms with Gasteiger partial charge in [0.05, 0.1) is 24.2 Å². The van der Waals surface area contributed by atoms with Crippen LogP contribution in [0.4, 0.5) is 0 Å². The van der Waals surface area contributed by atoms with Crippen LogP contribution in [0.2, 0.25) is 0 Å². The van der Waals surface area contributed by atoms with Crippen LogP contribution in [0.25, 0.3) is 0 Å². The number of carbonyl (C=O) groups is 1. The Balaban J connectivity index is 1.40. The second-order valence-electron chi connectivity index (χ2n) is 12.8. The molecule has 4 aliphatic heterocycles. The van der Waals surface area contributed by atoms with Gasteiger partial charge in [-0.3, -0.25) is 14.6 Å². The lowest BCUT2D eigenvalue weighted by Crippen LogP contribution is -2.65. The molecular formula is C29H54ClN7O2. The molecule has 1 amide bonds. The molecule has 4 unspecified atom stereocenters. The van der Waals surface area contributed by atoms with Crippen molar-refractivity contribution in [2.24, 2.45) is 22.8 Å². The number of likely N-dealkylation sites (tertiary alicyclic amines) is 2. The number of hydrogen-bond donors (Lipinski definition) is 5. The molecule has 39 heavy (non-hydrogen) atoms. The molecule has 9 nitrogen and oxygen atoms in total. The Morgan fingerprint density at radius 2 is 2.00 bits per heavy atom. The number of nitrogens with one attached hydrogen (secondary N) is 3. The lowest BCUT2D eigenvalue weighted by molar-refractivity contribution is -0.128. The van der Waals surface area contributed by atoms with Crippen molar-refractivity contribution in [1.82, 2.24) is 25.8 Å². The third-order valence-corrected chi connectivity index (χ3v) is 10.2. The Kier molecular flexibility index (Phi) is 11.4. The van der Waals surface area contributed by atoms with E-state index in [2.05, 4.69) is 39.6 Å². The molecule has 4 rings (SSSR count). The zero-order valence-corrected chi connectivity index (χ0v) is 25.2. The normalized spacial score (nSPS) is 34.3. The maximum Gasteiger partial charge on any atom is 0.228 e. The van der Waals surface area contributed by atoms with Gasteiger partial charge < -0.3 is 32.2 Å². The summed E-state index contributed by atoms with van der Waals surface area (Å²) in [5.41, 5.74) is 12.7. The minimum Gasteiger partial charge on any atom is -0.386 e. The van der Waals surface area contributed by atoms with E-state index < -0.39 is 12.1 Å². The van der Waals surface area contributed by atoms with Crippen molar-refractivity contribution in [3.8, 4) is 0 Å². The molecule has 4 heterocycles. The Bertz CT molecular complexity index is 815. The number of methoxy groups -OCH3 is 1. The van der Waals surface area contributed by atoms with Gasteiger partial charge in [-0.15, -0.1) is 0 Å². The van der Waals surface area contributed by atoms with Crippen molar-refractivity contribution >= 4 is 17.5 Å². The van der Waals surface area contributed by atoms with Gasteiger partial charge in [-0.1, -0.05) is 38.3 Å². The third kappa shape index (κ3) is 8.09. The largest absolute Gasteiger partial charge is 0.386 e. The van der Waals surface area contributed by atoms with Crippen LogP contribution in [0, 0.1) is 11.3 Å². The zero-order chi connectivity index (χ0) is 28.0. The standard InChI is InChI=1S/C29H54ClN7O2/c1-4-5-10-29(2)11-6-20(30)16-34-23(15-29)26(27(31)32)28(38)35-24-17-33-12-7-25(24)36-13-8-21(9-14-36)37-18-22(19-37)39-3/h16,21-27,33-34H,4-15,17-19,31-32H2,1-3H3,(H,35,38)/b20-16+/t23?,24?,25?,26?,29-/m1/s1. The van der Waals surface area contributed by atoms with Gasteiger partial charge in [0.25, 0.3) is 0 Å². The molecule has 0 aromatic heterocycles. The first kappa shape index (κ1) is 31.0. The highest BCUT2D eigenvalue weighted by atomic mass is 35.5. The highest BCUT2D eigenvalue weighted by Gasteiger charge is 2.41. The van der Waals surface area contributed by atoms with Gasteiger partial charge in [0.15, 0.2) is 0 Å². The summed E-state index contributed by atoms with van der Waals surface area (Å²) in [4.78, 5) is 19.1. The predicted octanol–water partition coefficient (Wildman–Crippen LogP) is 1.91. The topological polar surface area (TPSA) is 121 Å². The van der Waals surface area contributed by atoms with E-state index in [-0.39, 0.29) is 23.4 Å². The average molecular weight is 568 g/mol. The van der Waals surface area contributed by atoms with Gasteiger partial charge in [0, 0.05) is 69.2 Å². The highest BCUT2D eigenvalue weighted by Crippen LogP contribution is 2.39. The molecule has 224 valence electrons. The summed E-state index contributed by atoms with van der Waals surface area (Å²) in [6, 6.07) is 0.835. The van der Waals surface area contributed by atoms with Crippen LogP contribution < -0.4 is 27.4 Å². The summed E-state index contributed by atoms with van der Waals surface area (Å²) in [5, 5.41) is 11.2. The molecule has 0 radical (unpaired) electrons. The molecule has 4 aliphatic rings. The van der Waals surface area contributed by atoms with Crippen molar-refractivity contribution in [2.45, 2.75) is 108 Å². The number of carbonyl (C=O) groups excluding carboxylic acids is 1. The number of rotatable bonds is 10. The lowest BCUT2D eigenvalue weighted by atomic mass is 9.72. The maximum absolute atomic E-state index is 13.9. The number of ether oxygens (including phenoxy) is 1. The fourth-order valence-corrected chi connectivity index (χ4v) is 7.43. The van der Waals surface area contributed by atoms with Crippen LogP contribution >= 0.6 is 11.6 Å². The fourth-order valence-electron chi connectivity index (χ4n) is 7.28. The van der Waals surface area contributed by atoms with E-state index in [0.717, 1.165) is 89.2 Å². The number of unbranched alkanes of at least 4 members (excludes halogenated alkanes) is 1. The highest BCUT2D eigenvalue weighted by molar-refractivity contribution is 6.29. The SMILES string of the molecule is CCCC[C@]1(C)CC/C(Cl)=C\NC(C(C(=O)NC2CNCCC2N2CCC(N3CC(OC)C3)CC2)C(N)N)C1. The molecule has 10 heteroatoms. The van der Waals surface area contributed by atoms with Gasteiger partial charge >= 0.3 is 0 Å². The first-order valence-electron chi connectivity index (χ1n) is 15.4. The number of piperidine rings is 2. The molecule has 0 aliphatic carbocycles. The Morgan fingerprint density at radius 3 is 2.67 bits per heavy atom. The number of allylic oxidation sites excluding steroid dienone is 1. The molecule has 7 N–H and O–H groups in total. The van der Waals surface area contributed by atoms with E-state index in [9.17, 15) is 4.79 Å². The van der Waals surface area contributed by atoms with Gasteiger partial charge in [-0.2, -0.15) is 0 Å². The van der Waals surface area contributed by atoms with Crippen molar-refractivity contribution in [3.63, 3.8) is 0 Å². The quantitative estimate of drug-likeness (QED) is 0.254. The Morgan fingerprint density at radius 1 is 1.26 bits per heavy atom. The van der Waals surface area contributed by atoms with E-state index in [1.54, 1.807) is 0 Å². The maximum atomic E-state index is 13.9. The fraction of sp³-hybridized carbons (Fsp3) is 0.897. The van der Waals surface area contributed by atoms with Crippen molar-refractivity contribution < 1.29 is 9.53 Å². The number of nitrogens with two attached hydrogens (primary N) is 2. The molecule has 3 fully saturated rings. The number of halogens is 1. The van der Waals surface area contributed by atoms with E-state index >= 15 is 0 Å². The summed E-state index contributed by atoms with van der Waals surface area (Å²) >= 11 is 6.51. The molecule has 5 atom stereocenters. The summed E-state index contributed by atoms with van der Waals surface area (Å²) in [5.74, 6) is -0.594. The van der Waals surface area contributed by atoms with Gasteiger partial charge in [-0.25, -0.2) is 0 Å². The molecule has 0 saturated carbocycles. The minimum atomic E-state index is -0.761. The van der Waals surface area contributed by atoms with Crippen LogP contribution in [0.3, 0.4) is 0 Å². The first-order chi connectivity index (χ1) is 18.7. The Hall–Kier alpha value is -0.940. The second kappa shape index (κ2) is 14.3. The summed E-state index contributed by atoms with van der Waals surface area (Å²) < 4.78 is 5.47. The molecule has 0 spiro atoms. The molecular weight excluding hydrogens is 514 g/mol. The average Bonchev–Trinajstić information content (AvgIpc) is 2.89. The second-order valence-corrected chi connectivity index (χ2v) is 13.3.